The highest BCUT2D eigenvalue weighted by Gasteiger charge is 2.57. The third-order valence-corrected chi connectivity index (χ3v) is 9.06. The first kappa shape index (κ1) is 17.8. The van der Waals surface area contributed by atoms with Crippen LogP contribution < -0.4 is 0 Å². The highest BCUT2D eigenvalue weighted by molar-refractivity contribution is 5.70. The summed E-state index contributed by atoms with van der Waals surface area (Å²) in [5.74, 6) is 3.46. The number of carbonyl (C=O) groups is 1. The van der Waals surface area contributed by atoms with Gasteiger partial charge < -0.3 is 9.47 Å². The number of hydrogen-bond donors (Lipinski definition) is 0. The van der Waals surface area contributed by atoms with Crippen molar-refractivity contribution in [1.82, 2.24) is 0 Å². The number of esters is 1. The van der Waals surface area contributed by atoms with Crippen LogP contribution in [0.2, 0.25) is 0 Å². The maximum atomic E-state index is 11.4. The first-order valence-corrected chi connectivity index (χ1v) is 10.6. The molecule has 4 rings (SSSR count). The van der Waals surface area contributed by atoms with Gasteiger partial charge in [0, 0.05) is 0 Å². The van der Waals surface area contributed by atoms with E-state index in [1.807, 2.05) is 0 Å². The van der Waals surface area contributed by atoms with E-state index in [1.165, 1.54) is 58.5 Å². The van der Waals surface area contributed by atoms with Gasteiger partial charge in [0.05, 0.1) is 13.2 Å². The Hall–Kier alpha value is -0.570. The zero-order valence-corrected chi connectivity index (χ0v) is 16.4. The summed E-state index contributed by atoms with van der Waals surface area (Å²) in [7, 11) is 1.44. The van der Waals surface area contributed by atoms with Crippen LogP contribution in [0.15, 0.2) is 0 Å². The van der Waals surface area contributed by atoms with Crippen LogP contribution in [0.1, 0.15) is 78.1 Å². The zero-order chi connectivity index (χ0) is 17.7. The van der Waals surface area contributed by atoms with Crippen LogP contribution in [0.3, 0.4) is 0 Å². The van der Waals surface area contributed by atoms with E-state index in [0.717, 1.165) is 36.5 Å². The van der Waals surface area contributed by atoms with Crippen LogP contribution in [0.5, 0.6) is 0 Å². The van der Waals surface area contributed by atoms with Gasteiger partial charge >= 0.3 is 5.97 Å². The van der Waals surface area contributed by atoms with Gasteiger partial charge in [-0.2, -0.15) is 0 Å². The van der Waals surface area contributed by atoms with E-state index in [1.54, 1.807) is 0 Å². The molecular weight excluding hydrogens is 312 g/mol. The normalized spacial score (nSPS) is 49.0. The lowest BCUT2D eigenvalue weighted by Gasteiger charge is -2.60. The molecule has 7 atom stereocenters. The minimum atomic E-state index is -0.246. The van der Waals surface area contributed by atoms with E-state index in [-0.39, 0.29) is 18.7 Å². The van der Waals surface area contributed by atoms with Gasteiger partial charge in [-0.25, -0.2) is 4.79 Å². The Labute approximate surface area is 153 Å². The molecule has 3 nitrogen and oxygen atoms in total. The van der Waals surface area contributed by atoms with Crippen molar-refractivity contribution in [3.8, 4) is 0 Å². The van der Waals surface area contributed by atoms with Gasteiger partial charge in [0.15, 0.2) is 0 Å². The Bertz CT molecular complexity index is 517. The molecule has 0 unspecified atom stereocenters. The quantitative estimate of drug-likeness (QED) is 0.675. The van der Waals surface area contributed by atoms with Crippen molar-refractivity contribution in [2.24, 2.45) is 34.5 Å². The van der Waals surface area contributed by atoms with Crippen LogP contribution in [0.4, 0.5) is 0 Å². The van der Waals surface area contributed by atoms with Crippen molar-refractivity contribution in [2.75, 3.05) is 13.7 Å². The van der Waals surface area contributed by atoms with E-state index in [0.29, 0.717) is 10.8 Å². The van der Waals surface area contributed by atoms with Crippen molar-refractivity contribution < 1.29 is 14.3 Å². The Morgan fingerprint density at radius 1 is 1.00 bits per heavy atom. The van der Waals surface area contributed by atoms with E-state index < -0.39 is 0 Å². The molecule has 0 aliphatic heterocycles. The number of rotatable bonds is 3. The van der Waals surface area contributed by atoms with E-state index in [2.05, 4.69) is 13.8 Å². The number of fused-ring (bicyclic) bond motifs is 5. The van der Waals surface area contributed by atoms with Gasteiger partial charge in [0.25, 0.3) is 0 Å². The molecule has 4 fully saturated rings. The molecule has 0 aromatic carbocycles. The molecule has 4 saturated carbocycles. The molecule has 0 radical (unpaired) electrons. The Morgan fingerprint density at radius 2 is 1.84 bits per heavy atom. The van der Waals surface area contributed by atoms with Crippen molar-refractivity contribution in [3.05, 3.63) is 0 Å². The Morgan fingerprint density at radius 3 is 2.64 bits per heavy atom. The first-order chi connectivity index (χ1) is 12.0. The fraction of sp³-hybridized carbons (Fsp3) is 0.955. The van der Waals surface area contributed by atoms with Crippen molar-refractivity contribution >= 4 is 5.97 Å². The molecule has 0 N–H and O–H groups in total. The van der Waals surface area contributed by atoms with Crippen LogP contribution in [-0.4, -0.2) is 25.8 Å². The number of hydrogen-bond acceptors (Lipinski definition) is 3. The van der Waals surface area contributed by atoms with Crippen LogP contribution >= 0.6 is 0 Å². The summed E-state index contributed by atoms with van der Waals surface area (Å²) in [6.07, 6.45) is 14.0. The highest BCUT2D eigenvalue weighted by atomic mass is 16.6. The Kier molecular flexibility index (Phi) is 4.67. The molecule has 0 saturated heterocycles. The molecule has 4 aliphatic rings. The lowest BCUT2D eigenvalue weighted by atomic mass is 9.45. The maximum absolute atomic E-state index is 11.4. The molecule has 0 aromatic heterocycles. The zero-order valence-electron chi connectivity index (χ0n) is 16.4. The molecule has 25 heavy (non-hydrogen) atoms. The third kappa shape index (κ3) is 2.95. The second-order valence-electron chi connectivity index (χ2n) is 10.0. The molecule has 4 aliphatic carbocycles. The maximum Gasteiger partial charge on any atom is 0.331 e. The van der Waals surface area contributed by atoms with Crippen molar-refractivity contribution in [3.63, 3.8) is 0 Å². The van der Waals surface area contributed by atoms with Gasteiger partial charge in [0.1, 0.15) is 6.61 Å². The van der Waals surface area contributed by atoms with E-state index in [9.17, 15) is 4.79 Å². The van der Waals surface area contributed by atoms with Gasteiger partial charge in [-0.15, -0.1) is 0 Å². The predicted molar refractivity (Wildman–Crippen MR) is 98.1 cm³/mol. The van der Waals surface area contributed by atoms with Gasteiger partial charge in [-0.3, -0.25) is 0 Å². The minimum absolute atomic E-state index is 0.122. The summed E-state index contributed by atoms with van der Waals surface area (Å²) < 4.78 is 10.6. The van der Waals surface area contributed by atoms with Crippen LogP contribution in [-0.2, 0) is 14.3 Å². The first-order valence-electron chi connectivity index (χ1n) is 10.6. The average Bonchev–Trinajstić information content (AvgIpc) is 3.01. The summed E-state index contributed by atoms with van der Waals surface area (Å²) in [6.45, 7) is 5.31. The summed E-state index contributed by atoms with van der Waals surface area (Å²) in [5.41, 5.74) is 1.17. The molecule has 0 bridgehead atoms. The summed E-state index contributed by atoms with van der Waals surface area (Å²) in [4.78, 5) is 11.4. The number of carbonyl (C=O) groups excluding carboxylic acids is 1. The molecule has 0 heterocycles. The molecule has 0 amide bonds. The summed E-state index contributed by atoms with van der Waals surface area (Å²) in [6, 6.07) is 0. The molecule has 3 heteroatoms. The van der Waals surface area contributed by atoms with Gasteiger partial charge in [-0.05, 0) is 92.3 Å². The lowest BCUT2D eigenvalue weighted by Crippen LogP contribution is -2.53. The fourth-order valence-electron chi connectivity index (χ4n) is 7.61. The molecule has 0 aromatic rings. The lowest BCUT2D eigenvalue weighted by molar-refractivity contribution is -0.155. The number of methoxy groups -OCH3 is 1. The predicted octanol–water partition coefficient (Wildman–Crippen LogP) is 4.98. The molecule has 0 spiro atoms. The largest absolute Gasteiger partial charge is 0.467 e. The SMILES string of the molecule is COC(=O)CO[C@H]1CC[C@@]2(C)[C@@H](CC[C@H]3[C@@H]4CCC[C@@]4(C)CC[C@@H]32)C1. The average molecular weight is 349 g/mol. The van der Waals surface area contributed by atoms with Crippen molar-refractivity contribution in [2.45, 2.75) is 84.2 Å². The molecular formula is C22H36O3. The standard InChI is InChI=1S/C22H36O3/c1-21-10-4-5-18(21)17-7-6-15-13-16(25-14-20(23)24-3)8-12-22(15,2)19(17)9-11-21/h15-19H,4-14H2,1-3H3/t15-,16-,17-,18-,19-,21-,22-/m0/s1. The fourth-order valence-corrected chi connectivity index (χ4v) is 7.61. The summed E-state index contributed by atoms with van der Waals surface area (Å²) in [5, 5.41) is 0. The van der Waals surface area contributed by atoms with E-state index >= 15 is 0 Å². The number of ether oxygens (including phenoxy) is 2. The van der Waals surface area contributed by atoms with Gasteiger partial charge in [-0.1, -0.05) is 20.3 Å². The highest BCUT2D eigenvalue weighted by Crippen LogP contribution is 2.66. The topological polar surface area (TPSA) is 35.5 Å². The Balaban J connectivity index is 1.44. The van der Waals surface area contributed by atoms with Crippen LogP contribution in [0, 0.1) is 34.5 Å². The molecule has 142 valence electrons. The summed E-state index contributed by atoms with van der Waals surface area (Å²) >= 11 is 0. The minimum Gasteiger partial charge on any atom is -0.467 e. The monoisotopic (exact) mass is 348 g/mol. The third-order valence-electron chi connectivity index (χ3n) is 9.06. The smallest absolute Gasteiger partial charge is 0.331 e. The van der Waals surface area contributed by atoms with Gasteiger partial charge in [0.2, 0.25) is 0 Å². The second-order valence-corrected chi connectivity index (χ2v) is 10.0. The van der Waals surface area contributed by atoms with E-state index in [4.69, 9.17) is 9.47 Å². The van der Waals surface area contributed by atoms with Crippen molar-refractivity contribution in [1.29, 1.82) is 0 Å². The van der Waals surface area contributed by atoms with Crippen LogP contribution in [0.25, 0.3) is 0 Å². The second kappa shape index (κ2) is 6.55.